The van der Waals surface area contributed by atoms with Gasteiger partial charge in [0.1, 0.15) is 0 Å². The maximum absolute atomic E-state index is 12.1. The van der Waals surface area contributed by atoms with Gasteiger partial charge in [-0.15, -0.1) is 0 Å². The molecule has 148 valence electrons. The minimum atomic E-state index is -1.36. The van der Waals surface area contributed by atoms with Crippen molar-refractivity contribution in [1.82, 2.24) is 5.32 Å². The Bertz CT molecular complexity index is 1010. The van der Waals surface area contributed by atoms with Gasteiger partial charge in [-0.25, -0.2) is 11.1 Å². The van der Waals surface area contributed by atoms with Gasteiger partial charge >= 0.3 is 57.4 Å². The average Bonchev–Trinajstić information content (AvgIpc) is 2.77. The van der Waals surface area contributed by atoms with Gasteiger partial charge in [0.05, 0.1) is 12.7 Å². The second kappa shape index (κ2) is 11.9. The third kappa shape index (κ3) is 5.33. The molecule has 0 spiro atoms. The molecule has 0 bridgehead atoms. The summed E-state index contributed by atoms with van der Waals surface area (Å²) < 4.78 is 4.78. The van der Waals surface area contributed by atoms with Crippen molar-refractivity contribution in [3.05, 3.63) is 103 Å². The van der Waals surface area contributed by atoms with Crippen LogP contribution in [0.15, 0.2) is 78.9 Å². The second-order valence-electron chi connectivity index (χ2n) is 6.12. The van der Waals surface area contributed by atoms with Gasteiger partial charge in [-0.3, -0.25) is 0 Å². The van der Waals surface area contributed by atoms with Crippen LogP contribution in [0.4, 0.5) is 0 Å². The SMILES string of the molecule is COC(=O)c1cccc(-c2cccc(C([C-]=O)(N[C-]=N)c3ccccc3)c2)c1.[CH3-].[K+]. The Morgan fingerprint density at radius 2 is 1.53 bits per heavy atom. The molecule has 5 nitrogen and oxygen atoms in total. The monoisotopic (exact) mass is 424 g/mol. The van der Waals surface area contributed by atoms with Crippen LogP contribution in [0.2, 0.25) is 0 Å². The molecule has 1 unspecified atom stereocenters. The topological polar surface area (TPSA) is 79.2 Å². The maximum Gasteiger partial charge on any atom is 1.00 e. The van der Waals surface area contributed by atoms with Crippen LogP contribution in [0.1, 0.15) is 21.5 Å². The van der Waals surface area contributed by atoms with E-state index in [1.54, 1.807) is 36.4 Å². The molecular weight excluding hydrogens is 403 g/mol. The molecule has 0 saturated heterocycles. The summed E-state index contributed by atoms with van der Waals surface area (Å²) in [6.07, 6.45) is 4.17. The molecule has 3 rings (SSSR count). The predicted molar refractivity (Wildman–Crippen MR) is 113 cm³/mol. The van der Waals surface area contributed by atoms with Crippen LogP contribution >= 0.6 is 0 Å². The van der Waals surface area contributed by atoms with Gasteiger partial charge in [0, 0.05) is 0 Å². The van der Waals surface area contributed by atoms with Crippen molar-refractivity contribution in [2.24, 2.45) is 0 Å². The van der Waals surface area contributed by atoms with Crippen LogP contribution < -0.4 is 56.7 Å². The van der Waals surface area contributed by atoms with Gasteiger partial charge in [0.25, 0.3) is 0 Å². The number of esters is 1. The molecule has 1 atom stereocenters. The number of hydrogen-bond donors (Lipinski definition) is 2. The molecule has 0 aliphatic heterocycles. The zero-order chi connectivity index (χ0) is 20.0. The summed E-state index contributed by atoms with van der Waals surface area (Å²) in [6, 6.07) is 23.4. The Morgan fingerprint density at radius 1 is 0.933 bits per heavy atom. The Labute approximate surface area is 219 Å². The van der Waals surface area contributed by atoms with Gasteiger partial charge in [-0.05, 0) is 39.9 Å². The van der Waals surface area contributed by atoms with Crippen molar-refractivity contribution < 1.29 is 65.7 Å². The number of nitrogens with one attached hydrogen (secondary N) is 2. The molecule has 30 heavy (non-hydrogen) atoms. The van der Waals surface area contributed by atoms with E-state index in [1.165, 1.54) is 7.11 Å². The van der Waals surface area contributed by atoms with Crippen molar-refractivity contribution in [3.63, 3.8) is 0 Å². The van der Waals surface area contributed by atoms with Crippen LogP contribution in [-0.4, -0.2) is 25.7 Å². The van der Waals surface area contributed by atoms with Crippen molar-refractivity contribution in [1.29, 1.82) is 5.41 Å². The minimum Gasteiger partial charge on any atom is -0.560 e. The summed E-state index contributed by atoms with van der Waals surface area (Å²) in [5, 5.41) is 10.1. The summed E-state index contributed by atoms with van der Waals surface area (Å²) in [5.74, 6) is -0.419. The smallest absolute Gasteiger partial charge is 0.560 e. The van der Waals surface area contributed by atoms with Crippen LogP contribution in [0.25, 0.3) is 11.1 Å². The van der Waals surface area contributed by atoms with Gasteiger partial charge in [-0.1, -0.05) is 66.7 Å². The van der Waals surface area contributed by atoms with E-state index in [4.69, 9.17) is 10.1 Å². The number of benzene rings is 3. The third-order valence-electron chi connectivity index (χ3n) is 4.52. The first-order chi connectivity index (χ1) is 13.6. The van der Waals surface area contributed by atoms with Gasteiger partial charge in [0.15, 0.2) is 0 Å². The standard InChI is InChI=1S/C23H18N2O3.CH3.K/c1-28-22(27)19-9-5-7-17(13-19)18-8-6-12-21(14-18)23(15-26,25-16-24)20-10-3-2-4-11-20;;/h2-14H,1H3,(H2,24,25);1H3;/q-2;-1;+1. The average molecular weight is 425 g/mol. The number of carbonyl (C=O) groups is 1. The summed E-state index contributed by atoms with van der Waals surface area (Å²) in [6.45, 7) is 0. The summed E-state index contributed by atoms with van der Waals surface area (Å²) in [4.78, 5) is 23.9. The zero-order valence-corrected chi connectivity index (χ0v) is 20.4. The second-order valence-corrected chi connectivity index (χ2v) is 6.12. The van der Waals surface area contributed by atoms with E-state index in [0.29, 0.717) is 16.7 Å². The van der Waals surface area contributed by atoms with E-state index in [1.807, 2.05) is 48.8 Å². The first-order valence-electron chi connectivity index (χ1n) is 8.57. The van der Waals surface area contributed by atoms with Gasteiger partial charge in [-0.2, -0.15) is 0 Å². The van der Waals surface area contributed by atoms with Crippen molar-refractivity contribution >= 4 is 18.6 Å². The molecule has 0 amide bonds. The van der Waals surface area contributed by atoms with Crippen LogP contribution in [0.5, 0.6) is 0 Å². The van der Waals surface area contributed by atoms with E-state index in [2.05, 4.69) is 11.7 Å². The van der Waals surface area contributed by atoms with Crippen LogP contribution in [-0.2, 0) is 15.1 Å². The number of rotatable bonds is 7. The number of carbonyl (C=O) groups excluding carboxylic acids is 2. The number of methoxy groups -OCH3 is 1. The first kappa shape index (κ1) is 25.9. The summed E-state index contributed by atoms with van der Waals surface area (Å²) >= 11 is 0. The number of hydrogen-bond acceptors (Lipinski definition) is 4. The minimum absolute atomic E-state index is 0. The van der Waals surface area contributed by atoms with Crippen molar-refractivity contribution in [2.45, 2.75) is 5.54 Å². The van der Waals surface area contributed by atoms with E-state index in [-0.39, 0.29) is 58.8 Å². The predicted octanol–water partition coefficient (Wildman–Crippen LogP) is 1.02. The number of ether oxygens (including phenoxy) is 1. The molecule has 3 aromatic rings. The normalized spacial score (nSPS) is 11.6. The zero-order valence-electron chi connectivity index (χ0n) is 17.2. The third-order valence-corrected chi connectivity index (χ3v) is 4.52. The Hall–Kier alpha value is -2.09. The fraction of sp³-hybridized carbons (Fsp3) is 0.0833. The molecule has 0 fully saturated rings. The van der Waals surface area contributed by atoms with Crippen LogP contribution in [0, 0.1) is 12.8 Å². The largest absolute Gasteiger partial charge is 1.00 e. The molecule has 0 aromatic heterocycles. The van der Waals surface area contributed by atoms with Gasteiger partial charge in [0.2, 0.25) is 0 Å². The molecule has 2 N–H and O–H groups in total. The Kier molecular flexibility index (Phi) is 10.3. The molecule has 3 aromatic carbocycles. The molecule has 0 heterocycles. The molecule has 0 aliphatic rings. The Balaban J connectivity index is 0.00000225. The van der Waals surface area contributed by atoms with Gasteiger partial charge < -0.3 is 34.0 Å². The molecule has 0 saturated carbocycles. The van der Waals surface area contributed by atoms with E-state index >= 15 is 0 Å². The fourth-order valence-electron chi connectivity index (χ4n) is 3.11. The first-order valence-corrected chi connectivity index (χ1v) is 8.57. The maximum atomic E-state index is 12.1. The molecule has 0 aliphatic carbocycles. The fourth-order valence-corrected chi connectivity index (χ4v) is 3.11. The van der Waals surface area contributed by atoms with E-state index < -0.39 is 11.5 Å². The summed E-state index contributed by atoms with van der Waals surface area (Å²) in [7, 11) is 1.34. The van der Waals surface area contributed by atoms with E-state index in [0.717, 1.165) is 11.1 Å². The Morgan fingerprint density at radius 3 is 2.13 bits per heavy atom. The van der Waals surface area contributed by atoms with Crippen molar-refractivity contribution in [3.8, 4) is 11.1 Å². The molecule has 6 heteroatoms. The van der Waals surface area contributed by atoms with Crippen LogP contribution in [0.3, 0.4) is 0 Å². The molecular formula is C24H21KN2O3-2. The summed E-state index contributed by atoms with van der Waals surface area (Å²) in [5.41, 5.74) is 1.94. The quantitative estimate of drug-likeness (QED) is 0.148. The van der Waals surface area contributed by atoms with Crippen molar-refractivity contribution in [2.75, 3.05) is 7.11 Å². The van der Waals surface area contributed by atoms with E-state index in [9.17, 15) is 9.59 Å². The molecule has 0 radical (unpaired) electrons.